The van der Waals surface area contributed by atoms with Gasteiger partial charge in [-0.3, -0.25) is 0 Å². The van der Waals surface area contributed by atoms with E-state index in [0.717, 1.165) is 0 Å². The lowest BCUT2D eigenvalue weighted by atomic mass is 10.0. The number of allylic oxidation sites excluding steroid dienone is 1. The molecule has 2 rings (SSSR count). The third-order valence-corrected chi connectivity index (χ3v) is 2.74. The van der Waals surface area contributed by atoms with Crippen molar-refractivity contribution in [2.75, 3.05) is 0 Å². The Morgan fingerprint density at radius 2 is 2.09 bits per heavy atom. The molecular formula is C10H9S. The zero-order valence-corrected chi connectivity index (χ0v) is 6.97. The van der Waals surface area contributed by atoms with Crippen LogP contribution in [-0.2, 0) is 0 Å². The van der Waals surface area contributed by atoms with Gasteiger partial charge in [-0.05, 0) is 24.0 Å². The second kappa shape index (κ2) is 2.74. The summed E-state index contributed by atoms with van der Waals surface area (Å²) in [6.45, 7) is 4.04. The lowest BCUT2D eigenvalue weighted by Gasteiger charge is -2.15. The van der Waals surface area contributed by atoms with Crippen molar-refractivity contribution in [1.29, 1.82) is 0 Å². The Kier molecular flexibility index (Phi) is 1.74. The second-order valence-electron chi connectivity index (χ2n) is 2.59. The standard InChI is InChI=1S/C10H9S/c1-8-6-7-11-10-5-3-2-4-9(8)10/h2-8H,1H2. The van der Waals surface area contributed by atoms with Crippen LogP contribution >= 0.6 is 11.8 Å². The van der Waals surface area contributed by atoms with Crippen LogP contribution in [0.1, 0.15) is 11.5 Å². The zero-order valence-electron chi connectivity index (χ0n) is 6.16. The first kappa shape index (κ1) is 6.99. The largest absolute Gasteiger partial charge is 0.0981 e. The summed E-state index contributed by atoms with van der Waals surface area (Å²) in [6, 6.07) is 8.42. The maximum Gasteiger partial charge on any atom is 0.0154 e. The third-order valence-electron chi connectivity index (χ3n) is 1.82. The molecule has 0 fully saturated rings. The summed E-state index contributed by atoms with van der Waals surface area (Å²) in [6.07, 6.45) is 2.13. The zero-order chi connectivity index (χ0) is 7.68. The fraction of sp³-hybridized carbons (Fsp3) is 0.100. The van der Waals surface area contributed by atoms with Gasteiger partial charge < -0.3 is 0 Å². The van der Waals surface area contributed by atoms with Crippen molar-refractivity contribution in [3.8, 4) is 0 Å². The monoisotopic (exact) mass is 161 g/mol. The smallest absolute Gasteiger partial charge is 0.0154 e. The van der Waals surface area contributed by atoms with E-state index in [9.17, 15) is 0 Å². The third kappa shape index (κ3) is 1.21. The van der Waals surface area contributed by atoms with E-state index in [-0.39, 0.29) is 0 Å². The lowest BCUT2D eigenvalue weighted by molar-refractivity contribution is 1.03. The number of hydrogen-bond donors (Lipinski definition) is 0. The summed E-state index contributed by atoms with van der Waals surface area (Å²) < 4.78 is 0. The van der Waals surface area contributed by atoms with Crippen LogP contribution in [0, 0.1) is 6.92 Å². The fourth-order valence-corrected chi connectivity index (χ4v) is 2.13. The van der Waals surface area contributed by atoms with E-state index in [1.165, 1.54) is 10.5 Å². The SMILES string of the molecule is [CH2]C1C=CSc2ccccc21. The van der Waals surface area contributed by atoms with Gasteiger partial charge in [-0.1, -0.05) is 36.0 Å². The summed E-state index contributed by atoms with van der Waals surface area (Å²) in [5.74, 6) is 0.340. The first-order valence-electron chi connectivity index (χ1n) is 3.63. The van der Waals surface area contributed by atoms with Crippen LogP contribution < -0.4 is 0 Å². The molecule has 0 amide bonds. The highest BCUT2D eigenvalue weighted by Crippen LogP contribution is 2.34. The van der Waals surface area contributed by atoms with E-state index in [4.69, 9.17) is 0 Å². The van der Waals surface area contributed by atoms with Crippen LogP contribution in [0.4, 0.5) is 0 Å². The highest BCUT2D eigenvalue weighted by Gasteiger charge is 2.10. The second-order valence-corrected chi connectivity index (χ2v) is 3.54. The van der Waals surface area contributed by atoms with Crippen molar-refractivity contribution in [3.63, 3.8) is 0 Å². The van der Waals surface area contributed by atoms with Gasteiger partial charge in [0.05, 0.1) is 0 Å². The first-order chi connectivity index (χ1) is 5.38. The van der Waals surface area contributed by atoms with Gasteiger partial charge in [-0.15, -0.1) is 0 Å². The molecule has 1 unspecified atom stereocenters. The highest BCUT2D eigenvalue weighted by atomic mass is 32.2. The van der Waals surface area contributed by atoms with Gasteiger partial charge in [0.1, 0.15) is 0 Å². The van der Waals surface area contributed by atoms with Gasteiger partial charge in [-0.25, -0.2) is 0 Å². The quantitative estimate of drug-likeness (QED) is 0.563. The van der Waals surface area contributed by atoms with Gasteiger partial charge in [0.15, 0.2) is 0 Å². The molecule has 1 aromatic carbocycles. The number of thioether (sulfide) groups is 1. The van der Waals surface area contributed by atoms with Gasteiger partial charge in [0.2, 0.25) is 0 Å². The van der Waals surface area contributed by atoms with Gasteiger partial charge in [0.25, 0.3) is 0 Å². The molecule has 0 N–H and O–H groups in total. The molecule has 0 nitrogen and oxygen atoms in total. The molecule has 0 aliphatic carbocycles. The molecule has 1 aliphatic heterocycles. The minimum Gasteiger partial charge on any atom is -0.0981 e. The molecule has 55 valence electrons. The van der Waals surface area contributed by atoms with E-state index >= 15 is 0 Å². The van der Waals surface area contributed by atoms with Crippen molar-refractivity contribution in [1.82, 2.24) is 0 Å². The molecular weight excluding hydrogens is 152 g/mol. The Hall–Kier alpha value is -0.690. The van der Waals surface area contributed by atoms with Gasteiger partial charge >= 0.3 is 0 Å². The molecule has 1 aromatic rings. The van der Waals surface area contributed by atoms with Gasteiger partial charge in [-0.2, -0.15) is 0 Å². The minimum absolute atomic E-state index is 0.340. The van der Waals surface area contributed by atoms with E-state index in [1.807, 2.05) is 0 Å². The first-order valence-corrected chi connectivity index (χ1v) is 4.51. The highest BCUT2D eigenvalue weighted by molar-refractivity contribution is 8.02. The van der Waals surface area contributed by atoms with Crippen molar-refractivity contribution < 1.29 is 0 Å². The van der Waals surface area contributed by atoms with E-state index in [2.05, 4.69) is 42.7 Å². The molecule has 0 aromatic heterocycles. The Bertz CT molecular complexity index is 289. The van der Waals surface area contributed by atoms with Gasteiger partial charge in [0, 0.05) is 10.8 Å². The summed E-state index contributed by atoms with van der Waals surface area (Å²) >= 11 is 1.77. The molecule has 1 heteroatoms. The Morgan fingerprint density at radius 1 is 1.27 bits per heavy atom. The van der Waals surface area contributed by atoms with Crippen molar-refractivity contribution in [2.45, 2.75) is 10.8 Å². The van der Waals surface area contributed by atoms with Crippen LogP contribution in [0.15, 0.2) is 40.6 Å². The number of fused-ring (bicyclic) bond motifs is 1. The maximum atomic E-state index is 4.04. The van der Waals surface area contributed by atoms with Crippen LogP contribution in [0.25, 0.3) is 0 Å². The van der Waals surface area contributed by atoms with Crippen LogP contribution in [0.2, 0.25) is 0 Å². The molecule has 1 heterocycles. The summed E-state index contributed by atoms with van der Waals surface area (Å²) in [5, 5.41) is 2.11. The van der Waals surface area contributed by atoms with Crippen LogP contribution in [0.3, 0.4) is 0 Å². The fourth-order valence-electron chi connectivity index (χ4n) is 1.21. The molecule has 0 saturated carbocycles. The van der Waals surface area contributed by atoms with E-state index in [1.54, 1.807) is 11.8 Å². The number of rotatable bonds is 0. The Labute approximate surface area is 71.3 Å². The average Bonchev–Trinajstić information content (AvgIpc) is 2.06. The molecule has 1 radical (unpaired) electrons. The summed E-state index contributed by atoms with van der Waals surface area (Å²) in [7, 11) is 0. The normalized spacial score (nSPS) is 21.4. The number of benzene rings is 1. The summed E-state index contributed by atoms with van der Waals surface area (Å²) in [5.41, 5.74) is 1.35. The topological polar surface area (TPSA) is 0 Å². The van der Waals surface area contributed by atoms with Crippen molar-refractivity contribution in [2.24, 2.45) is 0 Å². The average molecular weight is 161 g/mol. The Balaban J connectivity index is 2.50. The van der Waals surface area contributed by atoms with Crippen molar-refractivity contribution in [3.05, 3.63) is 48.2 Å². The van der Waals surface area contributed by atoms with E-state index < -0.39 is 0 Å². The maximum absolute atomic E-state index is 4.04. The number of hydrogen-bond acceptors (Lipinski definition) is 1. The van der Waals surface area contributed by atoms with Crippen molar-refractivity contribution >= 4 is 11.8 Å². The minimum atomic E-state index is 0.340. The molecule has 0 bridgehead atoms. The molecule has 1 atom stereocenters. The van der Waals surface area contributed by atoms with Crippen LogP contribution in [0.5, 0.6) is 0 Å². The lowest BCUT2D eigenvalue weighted by Crippen LogP contribution is -1.94. The molecule has 0 saturated heterocycles. The van der Waals surface area contributed by atoms with Crippen LogP contribution in [-0.4, -0.2) is 0 Å². The Morgan fingerprint density at radius 3 is 2.91 bits per heavy atom. The molecule has 1 aliphatic rings. The summed E-state index contributed by atoms with van der Waals surface area (Å²) in [4.78, 5) is 1.34. The predicted octanol–water partition coefficient (Wildman–Crippen LogP) is 3.22. The molecule has 11 heavy (non-hydrogen) atoms. The molecule has 0 spiro atoms. The predicted molar refractivity (Wildman–Crippen MR) is 49.5 cm³/mol. The van der Waals surface area contributed by atoms with E-state index in [0.29, 0.717) is 5.92 Å².